The summed E-state index contributed by atoms with van der Waals surface area (Å²) in [4.78, 5) is 16.0. The summed E-state index contributed by atoms with van der Waals surface area (Å²) >= 11 is 0. The zero-order chi connectivity index (χ0) is 15.8. The van der Waals surface area contributed by atoms with E-state index in [-0.39, 0.29) is 23.4 Å². The Morgan fingerprint density at radius 2 is 1.90 bits per heavy atom. The number of nitrogens with zero attached hydrogens (tertiary/aromatic N) is 2. The second kappa shape index (κ2) is 5.23. The number of nitrogen functional groups attached to an aromatic ring is 1. The van der Waals surface area contributed by atoms with Gasteiger partial charge in [-0.05, 0) is 31.5 Å². The molecule has 0 fully saturated rings. The summed E-state index contributed by atoms with van der Waals surface area (Å²) < 4.78 is 40.3. The van der Waals surface area contributed by atoms with Crippen molar-refractivity contribution in [2.45, 2.75) is 26.6 Å². The fraction of sp³-hybridized carbons (Fsp3) is 0.286. The Labute approximate surface area is 119 Å². The largest absolute Gasteiger partial charge is 0.416 e. The molecule has 2 aromatic rings. The number of anilines is 1. The first-order valence-electron chi connectivity index (χ1n) is 6.19. The van der Waals surface area contributed by atoms with Gasteiger partial charge in [-0.2, -0.15) is 13.2 Å². The van der Waals surface area contributed by atoms with Gasteiger partial charge in [0.1, 0.15) is 5.82 Å². The van der Waals surface area contributed by atoms with Gasteiger partial charge in [0, 0.05) is 17.4 Å². The molecule has 1 aromatic carbocycles. The van der Waals surface area contributed by atoms with Gasteiger partial charge in [0.15, 0.2) is 0 Å². The van der Waals surface area contributed by atoms with Crippen LogP contribution in [0.1, 0.15) is 22.6 Å². The average molecular weight is 297 g/mol. The van der Waals surface area contributed by atoms with E-state index in [2.05, 4.69) is 4.98 Å². The Kier molecular flexibility index (Phi) is 3.76. The maximum Gasteiger partial charge on any atom is 0.416 e. The number of hydrogen-bond acceptors (Lipinski definition) is 3. The summed E-state index contributed by atoms with van der Waals surface area (Å²) in [5.74, 6) is 0.366. The molecule has 0 radical (unpaired) electrons. The number of aromatic nitrogens is 2. The highest BCUT2D eigenvalue weighted by Gasteiger charge is 2.33. The number of rotatable bonds is 2. The lowest BCUT2D eigenvalue weighted by Gasteiger charge is -2.16. The van der Waals surface area contributed by atoms with Crippen molar-refractivity contribution in [1.29, 1.82) is 0 Å². The number of nitrogens with two attached hydrogens (primary N) is 1. The smallest absolute Gasteiger partial charge is 0.399 e. The predicted octanol–water partition coefficient (Wildman–Crippen LogP) is 2.51. The van der Waals surface area contributed by atoms with Crippen molar-refractivity contribution in [2.24, 2.45) is 0 Å². The Hall–Kier alpha value is -2.31. The molecule has 0 atom stereocenters. The lowest BCUT2D eigenvalue weighted by molar-refractivity contribution is -0.138. The number of alkyl halides is 3. The van der Waals surface area contributed by atoms with E-state index in [0.717, 1.165) is 6.07 Å². The molecule has 7 heteroatoms. The lowest BCUT2D eigenvalue weighted by atomic mass is 10.1. The van der Waals surface area contributed by atoms with E-state index in [1.165, 1.54) is 22.8 Å². The summed E-state index contributed by atoms with van der Waals surface area (Å²) in [5, 5.41) is 0. The molecule has 1 heterocycles. The fourth-order valence-corrected chi connectivity index (χ4v) is 2.12. The molecule has 2 rings (SSSR count). The van der Waals surface area contributed by atoms with Crippen LogP contribution in [0.25, 0.3) is 0 Å². The fourth-order valence-electron chi connectivity index (χ4n) is 2.12. The first-order valence-corrected chi connectivity index (χ1v) is 6.19. The third kappa shape index (κ3) is 3.24. The minimum Gasteiger partial charge on any atom is -0.399 e. The van der Waals surface area contributed by atoms with Gasteiger partial charge >= 0.3 is 6.18 Å². The van der Waals surface area contributed by atoms with Crippen LogP contribution >= 0.6 is 0 Å². The Morgan fingerprint density at radius 1 is 1.24 bits per heavy atom. The van der Waals surface area contributed by atoms with E-state index < -0.39 is 11.7 Å². The Morgan fingerprint density at radius 3 is 2.48 bits per heavy atom. The van der Waals surface area contributed by atoms with Crippen molar-refractivity contribution in [1.82, 2.24) is 9.55 Å². The van der Waals surface area contributed by atoms with Crippen molar-refractivity contribution in [3.63, 3.8) is 0 Å². The van der Waals surface area contributed by atoms with Crippen molar-refractivity contribution < 1.29 is 13.2 Å². The van der Waals surface area contributed by atoms with Gasteiger partial charge in [-0.1, -0.05) is 6.07 Å². The van der Waals surface area contributed by atoms with Gasteiger partial charge in [-0.25, -0.2) is 4.98 Å². The molecule has 4 nitrogen and oxygen atoms in total. The van der Waals surface area contributed by atoms with E-state index in [9.17, 15) is 18.0 Å². The Bertz CT molecular complexity index is 735. The van der Waals surface area contributed by atoms with E-state index in [1.54, 1.807) is 13.8 Å². The summed E-state index contributed by atoms with van der Waals surface area (Å²) in [7, 11) is 0. The molecule has 0 aliphatic heterocycles. The van der Waals surface area contributed by atoms with Crippen LogP contribution in [0.4, 0.5) is 18.9 Å². The van der Waals surface area contributed by atoms with Crippen LogP contribution in [0.2, 0.25) is 0 Å². The first kappa shape index (κ1) is 15.1. The normalized spacial score (nSPS) is 11.7. The number of benzene rings is 1. The highest BCUT2D eigenvalue weighted by molar-refractivity contribution is 5.46. The minimum absolute atomic E-state index is 0.0208. The number of aryl methyl sites for hydroxylation is 2. The van der Waals surface area contributed by atoms with Crippen molar-refractivity contribution in [3.8, 4) is 0 Å². The van der Waals surface area contributed by atoms with Gasteiger partial charge in [0.05, 0.1) is 12.1 Å². The molecule has 2 N–H and O–H groups in total. The second-order valence-electron chi connectivity index (χ2n) is 4.78. The average Bonchev–Trinajstić information content (AvgIpc) is 2.34. The third-order valence-electron chi connectivity index (χ3n) is 3.09. The summed E-state index contributed by atoms with van der Waals surface area (Å²) in [6, 6.07) is 4.82. The molecule has 21 heavy (non-hydrogen) atoms. The Balaban J connectivity index is 2.53. The third-order valence-corrected chi connectivity index (χ3v) is 3.09. The maximum absolute atomic E-state index is 13.0. The zero-order valence-corrected chi connectivity index (χ0v) is 11.5. The van der Waals surface area contributed by atoms with E-state index in [1.807, 2.05) is 0 Å². The van der Waals surface area contributed by atoms with E-state index in [4.69, 9.17) is 5.73 Å². The summed E-state index contributed by atoms with van der Waals surface area (Å²) in [6.45, 7) is 3.04. The molecule has 0 amide bonds. The van der Waals surface area contributed by atoms with Crippen molar-refractivity contribution in [3.05, 3.63) is 57.3 Å². The van der Waals surface area contributed by atoms with Crippen molar-refractivity contribution >= 4 is 5.69 Å². The molecular weight excluding hydrogens is 283 g/mol. The number of hydrogen-bond donors (Lipinski definition) is 1. The molecule has 112 valence electrons. The summed E-state index contributed by atoms with van der Waals surface area (Å²) in [6.07, 6.45) is -4.53. The van der Waals surface area contributed by atoms with Crippen LogP contribution in [0.3, 0.4) is 0 Å². The molecule has 0 bridgehead atoms. The zero-order valence-electron chi connectivity index (χ0n) is 11.5. The van der Waals surface area contributed by atoms with Crippen LogP contribution in [0, 0.1) is 13.8 Å². The van der Waals surface area contributed by atoms with Crippen LogP contribution < -0.4 is 11.3 Å². The molecule has 0 aliphatic rings. The van der Waals surface area contributed by atoms with Gasteiger partial charge in [0.25, 0.3) is 5.56 Å². The molecule has 0 unspecified atom stereocenters. The lowest BCUT2D eigenvalue weighted by Crippen LogP contribution is -2.25. The van der Waals surface area contributed by atoms with Crippen molar-refractivity contribution in [2.75, 3.05) is 5.73 Å². The van der Waals surface area contributed by atoms with E-state index in [0.29, 0.717) is 11.5 Å². The molecule has 0 saturated carbocycles. The highest BCUT2D eigenvalue weighted by atomic mass is 19.4. The molecule has 0 spiro atoms. The predicted molar refractivity (Wildman–Crippen MR) is 72.9 cm³/mol. The summed E-state index contributed by atoms with van der Waals surface area (Å²) in [5.41, 5.74) is 4.73. The molecular formula is C14H14F3N3O. The van der Waals surface area contributed by atoms with Gasteiger partial charge in [0.2, 0.25) is 0 Å². The quantitative estimate of drug-likeness (QED) is 0.866. The van der Waals surface area contributed by atoms with Crippen LogP contribution in [-0.2, 0) is 12.7 Å². The standard InChI is InChI=1S/C14H14F3N3O/c1-8-5-13(21)20(9(2)19-8)7-10-3-4-11(18)6-12(10)14(15,16)17/h3-6H,7,18H2,1-2H3. The van der Waals surface area contributed by atoms with Gasteiger partial charge < -0.3 is 5.73 Å². The number of halogens is 3. The second-order valence-corrected chi connectivity index (χ2v) is 4.78. The SMILES string of the molecule is Cc1cc(=O)n(Cc2ccc(N)cc2C(F)(F)F)c(C)n1. The van der Waals surface area contributed by atoms with E-state index >= 15 is 0 Å². The van der Waals surface area contributed by atoms with Crippen LogP contribution in [0.15, 0.2) is 29.1 Å². The molecule has 0 saturated heterocycles. The maximum atomic E-state index is 13.0. The van der Waals surface area contributed by atoms with Crippen LogP contribution in [0.5, 0.6) is 0 Å². The highest BCUT2D eigenvalue weighted by Crippen LogP contribution is 2.33. The van der Waals surface area contributed by atoms with Crippen LogP contribution in [-0.4, -0.2) is 9.55 Å². The topological polar surface area (TPSA) is 60.9 Å². The molecule has 0 aliphatic carbocycles. The first-order chi connectivity index (χ1) is 9.68. The van der Waals surface area contributed by atoms with Gasteiger partial charge in [-0.15, -0.1) is 0 Å². The minimum atomic E-state index is -4.53. The monoisotopic (exact) mass is 297 g/mol. The molecule has 1 aromatic heterocycles. The van der Waals surface area contributed by atoms with Gasteiger partial charge in [-0.3, -0.25) is 9.36 Å².